The van der Waals surface area contributed by atoms with Crippen molar-refractivity contribution >= 4 is 85.0 Å². The number of hydrogen-bond acceptors (Lipinski definition) is 6. The third-order valence-electron chi connectivity index (χ3n) is 10.9. The van der Waals surface area contributed by atoms with Gasteiger partial charge in [0.1, 0.15) is 11.2 Å². The molecule has 0 amide bonds. The van der Waals surface area contributed by atoms with Crippen molar-refractivity contribution in [2.24, 2.45) is 0 Å². The summed E-state index contributed by atoms with van der Waals surface area (Å²) < 4.78 is 11.9. The molecule has 0 saturated carbocycles. The molecule has 4 heterocycles. The van der Waals surface area contributed by atoms with Crippen LogP contribution >= 0.6 is 22.7 Å². The highest BCUT2D eigenvalue weighted by atomic mass is 32.1. The highest BCUT2D eigenvalue weighted by molar-refractivity contribution is 7.26. The summed E-state index contributed by atoms with van der Waals surface area (Å²) in [5.41, 5.74) is 9.12. The molecule has 0 bridgehead atoms. The number of furan rings is 1. The van der Waals surface area contributed by atoms with Crippen LogP contribution in [0.25, 0.3) is 119 Å². The van der Waals surface area contributed by atoms with Gasteiger partial charge in [0.05, 0.1) is 0 Å². The maximum atomic E-state index is 6.68. The predicted molar refractivity (Wildman–Crippen MR) is 240 cm³/mol. The van der Waals surface area contributed by atoms with Gasteiger partial charge >= 0.3 is 0 Å². The van der Waals surface area contributed by atoms with E-state index in [1.807, 2.05) is 83.3 Å². The molecule has 0 fully saturated rings. The van der Waals surface area contributed by atoms with Crippen molar-refractivity contribution in [3.8, 4) is 56.4 Å². The minimum atomic E-state index is 0.600. The summed E-state index contributed by atoms with van der Waals surface area (Å²) in [6.07, 6.45) is 0. The van der Waals surface area contributed by atoms with E-state index in [-0.39, 0.29) is 0 Å². The van der Waals surface area contributed by atoms with E-state index >= 15 is 0 Å². The van der Waals surface area contributed by atoms with Gasteiger partial charge < -0.3 is 4.42 Å². The van der Waals surface area contributed by atoms with Crippen molar-refractivity contribution in [1.82, 2.24) is 15.0 Å². The number of hydrogen-bond donors (Lipinski definition) is 0. The average Bonchev–Trinajstić information content (AvgIpc) is 3.97. The van der Waals surface area contributed by atoms with Crippen molar-refractivity contribution in [2.45, 2.75) is 0 Å². The fraction of sp³-hybridized carbons (Fsp3) is 0. The first-order valence-electron chi connectivity index (χ1n) is 18.9. The van der Waals surface area contributed by atoms with Crippen molar-refractivity contribution in [3.05, 3.63) is 176 Å². The Kier molecular flexibility index (Phi) is 7.24. The molecule has 4 nitrogen and oxygen atoms in total. The van der Waals surface area contributed by atoms with Crippen LogP contribution in [0.4, 0.5) is 0 Å². The lowest BCUT2D eigenvalue weighted by Gasteiger charge is -2.10. The quantitative estimate of drug-likeness (QED) is 0.175. The number of benzene rings is 8. The van der Waals surface area contributed by atoms with E-state index in [4.69, 9.17) is 19.4 Å². The summed E-state index contributed by atoms with van der Waals surface area (Å²) in [6, 6.07) is 62.1. The fourth-order valence-electron chi connectivity index (χ4n) is 8.14. The third kappa shape index (κ3) is 5.37. The summed E-state index contributed by atoms with van der Waals surface area (Å²) in [5, 5.41) is 7.30. The molecular formula is C51H29N3OS2. The summed E-state index contributed by atoms with van der Waals surface area (Å²) in [5.74, 6) is 1.86. The second-order valence-corrected chi connectivity index (χ2v) is 16.5. The SMILES string of the molecule is c1ccc(-c2nc(-c3ccccc3)nc(-c3ccc4c(c3)oc3cc(-c5cc(-c6ccc7sc8ccccc8c7c6)c6sc7ccccc7c6c5)ccc34)n2)cc1. The van der Waals surface area contributed by atoms with Crippen LogP contribution in [0.2, 0.25) is 0 Å². The molecular weight excluding hydrogens is 735 g/mol. The fourth-order valence-corrected chi connectivity index (χ4v) is 10.4. The maximum Gasteiger partial charge on any atom is 0.164 e. The molecule has 4 aromatic heterocycles. The van der Waals surface area contributed by atoms with Crippen LogP contribution in [-0.4, -0.2) is 15.0 Å². The standard InChI is InChI=1S/C51H29N3OS2/c1-3-11-30(12-4-1)49-52-50(31-13-5-2-6-14-31)54-51(53-49)34-20-23-37-36-22-19-32(28-43(36)55-44(37)29-34)35-26-40(48-42(27-35)39-16-8-10-18-46(39)57-48)33-21-24-47-41(25-33)38-15-7-9-17-45(38)56-47/h1-29H. The predicted octanol–water partition coefficient (Wildman–Crippen LogP) is 14.8. The minimum absolute atomic E-state index is 0.600. The first-order valence-corrected chi connectivity index (χ1v) is 20.5. The van der Waals surface area contributed by atoms with Gasteiger partial charge in [0, 0.05) is 73.4 Å². The first-order chi connectivity index (χ1) is 28.2. The van der Waals surface area contributed by atoms with E-state index in [0.29, 0.717) is 17.5 Å². The van der Waals surface area contributed by atoms with E-state index in [9.17, 15) is 0 Å². The Bertz CT molecular complexity index is 3470. The molecule has 0 spiro atoms. The molecule has 57 heavy (non-hydrogen) atoms. The first kappa shape index (κ1) is 32.3. The summed E-state index contributed by atoms with van der Waals surface area (Å²) in [6.45, 7) is 0. The van der Waals surface area contributed by atoms with Crippen LogP contribution in [0.3, 0.4) is 0 Å². The number of fused-ring (bicyclic) bond motifs is 9. The molecule has 266 valence electrons. The van der Waals surface area contributed by atoms with Crippen LogP contribution in [0.15, 0.2) is 180 Å². The Morgan fingerprint density at radius 2 is 0.825 bits per heavy atom. The molecule has 12 rings (SSSR count). The average molecular weight is 764 g/mol. The molecule has 6 heteroatoms. The van der Waals surface area contributed by atoms with E-state index in [2.05, 4.69) is 115 Å². The van der Waals surface area contributed by atoms with Crippen molar-refractivity contribution in [2.75, 3.05) is 0 Å². The van der Waals surface area contributed by atoms with Gasteiger partial charge in [0.25, 0.3) is 0 Å². The highest BCUT2D eigenvalue weighted by Crippen LogP contribution is 2.45. The normalized spacial score (nSPS) is 11.9. The number of aromatic nitrogens is 3. The highest BCUT2D eigenvalue weighted by Gasteiger charge is 2.18. The van der Waals surface area contributed by atoms with Gasteiger partial charge in [-0.1, -0.05) is 115 Å². The Morgan fingerprint density at radius 1 is 0.316 bits per heavy atom. The van der Waals surface area contributed by atoms with Gasteiger partial charge in [-0.25, -0.2) is 15.0 Å². The zero-order valence-electron chi connectivity index (χ0n) is 30.3. The maximum absolute atomic E-state index is 6.68. The smallest absolute Gasteiger partial charge is 0.164 e. The molecule has 8 aromatic carbocycles. The number of thiophene rings is 2. The zero-order chi connectivity index (χ0) is 37.5. The Labute approximate surface area is 335 Å². The molecule has 12 aromatic rings. The van der Waals surface area contributed by atoms with Crippen LogP contribution in [0.5, 0.6) is 0 Å². The van der Waals surface area contributed by atoms with E-state index in [1.165, 1.54) is 51.5 Å². The van der Waals surface area contributed by atoms with Gasteiger partial charge in [-0.15, -0.1) is 22.7 Å². The van der Waals surface area contributed by atoms with Gasteiger partial charge in [-0.05, 0) is 77.4 Å². The number of nitrogens with zero attached hydrogens (tertiary/aromatic N) is 3. The molecule has 0 aliphatic heterocycles. The zero-order valence-corrected chi connectivity index (χ0v) is 31.9. The van der Waals surface area contributed by atoms with Crippen molar-refractivity contribution in [3.63, 3.8) is 0 Å². The van der Waals surface area contributed by atoms with Gasteiger partial charge in [-0.3, -0.25) is 0 Å². The minimum Gasteiger partial charge on any atom is -0.456 e. The summed E-state index contributed by atoms with van der Waals surface area (Å²) in [7, 11) is 0. The Morgan fingerprint density at radius 3 is 1.51 bits per heavy atom. The second kappa shape index (κ2) is 12.8. The van der Waals surface area contributed by atoms with E-state index in [1.54, 1.807) is 0 Å². The molecule has 0 radical (unpaired) electrons. The molecule has 0 N–H and O–H groups in total. The van der Waals surface area contributed by atoms with Crippen LogP contribution in [-0.2, 0) is 0 Å². The summed E-state index contributed by atoms with van der Waals surface area (Å²) >= 11 is 3.73. The topological polar surface area (TPSA) is 51.8 Å². The number of rotatable bonds is 5. The largest absolute Gasteiger partial charge is 0.456 e. The lowest BCUT2D eigenvalue weighted by molar-refractivity contribution is 0.669. The summed E-state index contributed by atoms with van der Waals surface area (Å²) in [4.78, 5) is 14.8. The van der Waals surface area contributed by atoms with Gasteiger partial charge in [0.2, 0.25) is 0 Å². The Balaban J connectivity index is 0.995. The van der Waals surface area contributed by atoms with Crippen LogP contribution < -0.4 is 0 Å². The van der Waals surface area contributed by atoms with Crippen molar-refractivity contribution < 1.29 is 4.42 Å². The second-order valence-electron chi connectivity index (χ2n) is 14.4. The van der Waals surface area contributed by atoms with E-state index < -0.39 is 0 Å². The molecule has 0 aliphatic rings. The molecule has 0 atom stereocenters. The van der Waals surface area contributed by atoms with Crippen LogP contribution in [0, 0.1) is 0 Å². The Hall–Kier alpha value is -6.99. The third-order valence-corrected chi connectivity index (χ3v) is 13.3. The lowest BCUT2D eigenvalue weighted by Crippen LogP contribution is -2.00. The van der Waals surface area contributed by atoms with Gasteiger partial charge in [0.15, 0.2) is 17.5 Å². The molecule has 0 unspecified atom stereocenters. The van der Waals surface area contributed by atoms with E-state index in [0.717, 1.165) is 49.8 Å². The van der Waals surface area contributed by atoms with Gasteiger partial charge in [-0.2, -0.15) is 0 Å². The monoisotopic (exact) mass is 763 g/mol. The van der Waals surface area contributed by atoms with Crippen LogP contribution in [0.1, 0.15) is 0 Å². The molecule has 0 aliphatic carbocycles. The van der Waals surface area contributed by atoms with Crippen molar-refractivity contribution in [1.29, 1.82) is 0 Å². The molecule has 0 saturated heterocycles. The lowest BCUT2D eigenvalue weighted by atomic mass is 9.95.